The van der Waals surface area contributed by atoms with Crippen LogP contribution >= 0.6 is 11.3 Å². The molecular weight excluding hydrogens is 492 g/mol. The zero-order chi connectivity index (χ0) is 26.1. The topological polar surface area (TPSA) is 104 Å². The number of thiazole rings is 1. The molecule has 0 bridgehead atoms. The molecule has 0 fully saturated rings. The SMILES string of the molecule is COc1cc(-n2nc(-c3ccc(NC(C)=O)cc3)n[n+]2-c2nc3ccc(C)cc3s2)cc(OC)c1OC. The Balaban J connectivity index is 1.69. The lowest BCUT2D eigenvalue weighted by Gasteiger charge is -2.13. The van der Waals surface area contributed by atoms with Gasteiger partial charge in [0.05, 0.1) is 26.0 Å². The number of fused-ring (bicyclic) bond motifs is 1. The van der Waals surface area contributed by atoms with Crippen molar-refractivity contribution < 1.29 is 23.8 Å². The summed E-state index contributed by atoms with van der Waals surface area (Å²) in [5, 5.41) is 13.0. The van der Waals surface area contributed by atoms with Gasteiger partial charge in [-0.3, -0.25) is 4.79 Å². The Labute approximate surface area is 217 Å². The largest absolute Gasteiger partial charge is 0.493 e. The van der Waals surface area contributed by atoms with Crippen LogP contribution in [0.15, 0.2) is 54.6 Å². The summed E-state index contributed by atoms with van der Waals surface area (Å²) in [4.78, 5) is 19.5. The van der Waals surface area contributed by atoms with Crippen LogP contribution in [0.3, 0.4) is 0 Å². The first-order valence-electron chi connectivity index (χ1n) is 11.4. The molecule has 10 nitrogen and oxygen atoms in total. The van der Waals surface area contributed by atoms with Gasteiger partial charge in [0, 0.05) is 35.4 Å². The standard InChI is InChI=1S/C26H24N6O4S/c1-15-6-11-20-23(12-15)37-26(28-20)32-30-25(17-7-9-18(10-8-17)27-16(2)33)29-31(32)19-13-21(34-3)24(36-5)22(14-19)35-4/h6-14H,1-5H3/p+1. The van der Waals surface area contributed by atoms with E-state index in [4.69, 9.17) is 29.4 Å². The maximum absolute atomic E-state index is 11.4. The first-order chi connectivity index (χ1) is 17.9. The van der Waals surface area contributed by atoms with E-state index in [1.165, 1.54) is 18.3 Å². The summed E-state index contributed by atoms with van der Waals surface area (Å²) < 4.78 is 17.7. The highest BCUT2D eigenvalue weighted by molar-refractivity contribution is 7.20. The van der Waals surface area contributed by atoms with Crippen LogP contribution in [0, 0.1) is 6.92 Å². The lowest BCUT2D eigenvalue weighted by atomic mass is 10.2. The van der Waals surface area contributed by atoms with Crippen LogP contribution in [0.2, 0.25) is 0 Å². The van der Waals surface area contributed by atoms with Crippen molar-refractivity contribution in [1.29, 1.82) is 0 Å². The predicted octanol–water partition coefficient (Wildman–Crippen LogP) is 4.11. The second kappa shape index (κ2) is 9.86. The smallest absolute Gasteiger partial charge is 0.365 e. The fourth-order valence-electron chi connectivity index (χ4n) is 3.88. The van der Waals surface area contributed by atoms with Crippen molar-refractivity contribution in [2.75, 3.05) is 26.6 Å². The summed E-state index contributed by atoms with van der Waals surface area (Å²) in [7, 11) is 4.68. The number of carbonyl (C=O) groups excluding carboxylic acids is 1. The molecule has 5 aromatic rings. The molecule has 3 aromatic carbocycles. The molecule has 0 aliphatic rings. The quantitative estimate of drug-likeness (QED) is 0.324. The summed E-state index contributed by atoms with van der Waals surface area (Å²) in [6.45, 7) is 3.52. The third-order valence-electron chi connectivity index (χ3n) is 5.61. The van der Waals surface area contributed by atoms with Gasteiger partial charge in [0.1, 0.15) is 5.69 Å². The fourth-order valence-corrected chi connectivity index (χ4v) is 4.89. The van der Waals surface area contributed by atoms with Crippen molar-refractivity contribution in [2.45, 2.75) is 13.8 Å². The minimum absolute atomic E-state index is 0.138. The number of methoxy groups -OCH3 is 3. The van der Waals surface area contributed by atoms with E-state index in [1.807, 2.05) is 43.3 Å². The highest BCUT2D eigenvalue weighted by Gasteiger charge is 2.27. The first-order valence-corrected chi connectivity index (χ1v) is 12.2. The van der Waals surface area contributed by atoms with Gasteiger partial charge in [0.25, 0.3) is 5.82 Å². The number of nitrogens with one attached hydrogen (secondary N) is 1. The van der Waals surface area contributed by atoms with E-state index in [9.17, 15) is 4.79 Å². The number of aryl methyl sites for hydroxylation is 1. The Hall–Kier alpha value is -4.51. The normalized spacial score (nSPS) is 10.9. The van der Waals surface area contributed by atoms with E-state index in [0.717, 1.165) is 21.3 Å². The van der Waals surface area contributed by atoms with Crippen LogP contribution in [0.25, 0.3) is 32.4 Å². The first kappa shape index (κ1) is 24.2. The molecule has 2 aromatic heterocycles. The molecule has 11 heteroatoms. The van der Waals surface area contributed by atoms with Crippen LogP contribution in [-0.4, -0.2) is 47.2 Å². The monoisotopic (exact) mass is 517 g/mol. The van der Waals surface area contributed by atoms with Gasteiger partial charge in [-0.25, -0.2) is 0 Å². The second-order valence-corrected chi connectivity index (χ2v) is 9.22. The van der Waals surface area contributed by atoms with E-state index in [0.29, 0.717) is 39.6 Å². The van der Waals surface area contributed by atoms with Gasteiger partial charge in [-0.1, -0.05) is 22.4 Å². The second-order valence-electron chi connectivity index (χ2n) is 8.21. The molecule has 0 radical (unpaired) electrons. The van der Waals surface area contributed by atoms with Crippen molar-refractivity contribution in [3.05, 3.63) is 60.2 Å². The molecule has 2 heterocycles. The van der Waals surface area contributed by atoms with Gasteiger partial charge >= 0.3 is 5.13 Å². The number of carbonyl (C=O) groups is 1. The molecule has 1 amide bonds. The number of hydrogen-bond acceptors (Lipinski definition) is 8. The van der Waals surface area contributed by atoms with Crippen molar-refractivity contribution >= 4 is 33.1 Å². The van der Waals surface area contributed by atoms with Crippen LogP contribution in [0.4, 0.5) is 5.69 Å². The molecule has 0 unspecified atom stereocenters. The molecule has 1 N–H and O–H groups in total. The van der Waals surface area contributed by atoms with Crippen LogP contribution in [0.1, 0.15) is 12.5 Å². The zero-order valence-electron chi connectivity index (χ0n) is 21.0. The predicted molar refractivity (Wildman–Crippen MR) is 140 cm³/mol. The van der Waals surface area contributed by atoms with E-state index in [2.05, 4.69) is 11.4 Å². The number of aromatic nitrogens is 5. The number of benzene rings is 3. The Morgan fingerprint density at radius 1 is 0.973 bits per heavy atom. The highest BCUT2D eigenvalue weighted by atomic mass is 32.1. The van der Waals surface area contributed by atoms with E-state index < -0.39 is 0 Å². The van der Waals surface area contributed by atoms with Gasteiger partial charge in [0.2, 0.25) is 11.7 Å². The Kier molecular flexibility index (Phi) is 6.45. The number of anilines is 1. The van der Waals surface area contributed by atoms with E-state index in [-0.39, 0.29) is 5.91 Å². The molecular formula is C26H25N6O4S+. The number of nitrogens with zero attached hydrogens (tertiary/aromatic N) is 5. The van der Waals surface area contributed by atoms with Crippen molar-refractivity contribution in [3.8, 4) is 39.5 Å². The zero-order valence-corrected chi connectivity index (χ0v) is 21.8. The van der Waals surface area contributed by atoms with Crippen LogP contribution in [0.5, 0.6) is 17.2 Å². The Bertz CT molecular complexity index is 1580. The molecule has 0 spiro atoms. The summed E-state index contributed by atoms with van der Waals surface area (Å²) >= 11 is 1.51. The van der Waals surface area contributed by atoms with Crippen LogP contribution < -0.4 is 24.3 Å². The molecule has 0 atom stereocenters. The average molecular weight is 518 g/mol. The third-order valence-corrected chi connectivity index (χ3v) is 6.59. The maximum Gasteiger partial charge on any atom is 0.365 e. The summed E-state index contributed by atoms with van der Waals surface area (Å²) in [5.74, 6) is 1.78. The van der Waals surface area contributed by atoms with Gasteiger partial charge in [0.15, 0.2) is 17.0 Å². The fraction of sp³-hybridized carbons (Fsp3) is 0.192. The van der Waals surface area contributed by atoms with Gasteiger partial charge in [-0.05, 0) is 63.6 Å². The minimum Gasteiger partial charge on any atom is -0.493 e. The number of ether oxygens (including phenoxy) is 3. The minimum atomic E-state index is -0.138. The molecule has 37 heavy (non-hydrogen) atoms. The number of amides is 1. The number of rotatable bonds is 7. The van der Waals surface area contributed by atoms with Gasteiger partial charge < -0.3 is 19.5 Å². The van der Waals surface area contributed by atoms with Crippen molar-refractivity contribution in [3.63, 3.8) is 0 Å². The van der Waals surface area contributed by atoms with Gasteiger partial charge in [-0.15, -0.1) is 0 Å². The average Bonchev–Trinajstić information content (AvgIpc) is 3.52. The summed E-state index contributed by atoms with van der Waals surface area (Å²) in [6, 6.07) is 17.0. The lowest BCUT2D eigenvalue weighted by molar-refractivity contribution is -0.734. The molecule has 0 saturated heterocycles. The summed E-state index contributed by atoms with van der Waals surface area (Å²) in [6.07, 6.45) is 0. The molecule has 5 rings (SSSR count). The Morgan fingerprint density at radius 2 is 1.68 bits per heavy atom. The highest BCUT2D eigenvalue weighted by Crippen LogP contribution is 2.39. The summed E-state index contributed by atoms with van der Waals surface area (Å²) in [5.41, 5.74) is 4.12. The van der Waals surface area contributed by atoms with E-state index >= 15 is 0 Å². The maximum atomic E-state index is 11.4. The number of tetrazole rings is 1. The van der Waals surface area contributed by atoms with Crippen molar-refractivity contribution in [2.24, 2.45) is 0 Å². The molecule has 188 valence electrons. The van der Waals surface area contributed by atoms with Crippen molar-refractivity contribution in [1.82, 2.24) is 20.0 Å². The van der Waals surface area contributed by atoms with Gasteiger partial charge in [-0.2, -0.15) is 0 Å². The Morgan fingerprint density at radius 3 is 2.30 bits per heavy atom. The number of hydrogen-bond donors (Lipinski definition) is 1. The van der Waals surface area contributed by atoms with Crippen LogP contribution in [-0.2, 0) is 4.79 Å². The molecule has 0 aliphatic heterocycles. The molecule has 0 saturated carbocycles. The van der Waals surface area contributed by atoms with E-state index in [1.54, 1.807) is 43.1 Å². The third kappa shape index (κ3) is 4.68. The molecule has 0 aliphatic carbocycles. The lowest BCUT2D eigenvalue weighted by Crippen LogP contribution is -2.43.